The highest BCUT2D eigenvalue weighted by Gasteiger charge is 2.24. The number of amides is 2. The number of methoxy groups -OCH3 is 1. The van der Waals surface area contributed by atoms with Gasteiger partial charge in [-0.05, 0) is 60.2 Å². The Bertz CT molecular complexity index is 1170. The van der Waals surface area contributed by atoms with Crippen LogP contribution in [0.2, 0.25) is 0 Å². The molecule has 1 heterocycles. The van der Waals surface area contributed by atoms with Crippen LogP contribution in [0.4, 0.5) is 15.8 Å². The molecule has 7 heteroatoms. The molecule has 3 aromatic carbocycles. The summed E-state index contributed by atoms with van der Waals surface area (Å²) in [5.74, 6) is -0.228. The summed E-state index contributed by atoms with van der Waals surface area (Å²) in [5, 5.41) is 2.85. The van der Waals surface area contributed by atoms with Crippen LogP contribution in [0.25, 0.3) is 6.08 Å². The van der Waals surface area contributed by atoms with Crippen LogP contribution in [0.5, 0.6) is 5.75 Å². The Morgan fingerprint density at radius 2 is 1.59 bits per heavy atom. The van der Waals surface area contributed by atoms with Gasteiger partial charge >= 0.3 is 0 Å². The number of ether oxygens (including phenoxy) is 1. The molecule has 174 valence electrons. The predicted molar refractivity (Wildman–Crippen MR) is 132 cm³/mol. The second-order valence-electron chi connectivity index (χ2n) is 7.90. The molecular formula is C27H26FN3O3. The third-order valence-electron chi connectivity index (χ3n) is 5.71. The summed E-state index contributed by atoms with van der Waals surface area (Å²) in [7, 11) is 1.61. The van der Waals surface area contributed by atoms with Crippen LogP contribution in [0.3, 0.4) is 0 Å². The van der Waals surface area contributed by atoms with Crippen molar-refractivity contribution >= 4 is 29.3 Å². The molecule has 0 bridgehead atoms. The van der Waals surface area contributed by atoms with Gasteiger partial charge in [0.05, 0.1) is 12.7 Å². The lowest BCUT2D eigenvalue weighted by Gasteiger charge is -2.36. The highest BCUT2D eigenvalue weighted by molar-refractivity contribution is 6.02. The molecule has 6 nitrogen and oxygen atoms in total. The smallest absolute Gasteiger partial charge is 0.256 e. The first kappa shape index (κ1) is 23.0. The highest BCUT2D eigenvalue weighted by atomic mass is 19.1. The Labute approximate surface area is 198 Å². The summed E-state index contributed by atoms with van der Waals surface area (Å²) in [4.78, 5) is 28.7. The van der Waals surface area contributed by atoms with Crippen LogP contribution < -0.4 is 15.0 Å². The van der Waals surface area contributed by atoms with Crippen molar-refractivity contribution in [3.63, 3.8) is 0 Å². The quantitative estimate of drug-likeness (QED) is 0.554. The fourth-order valence-corrected chi connectivity index (χ4v) is 3.80. The van der Waals surface area contributed by atoms with E-state index in [1.54, 1.807) is 30.2 Å². The molecular weight excluding hydrogens is 433 g/mol. The first-order chi connectivity index (χ1) is 16.5. The van der Waals surface area contributed by atoms with E-state index < -0.39 is 5.82 Å². The van der Waals surface area contributed by atoms with Crippen molar-refractivity contribution in [1.82, 2.24) is 4.90 Å². The monoisotopic (exact) mass is 459 g/mol. The van der Waals surface area contributed by atoms with Gasteiger partial charge in [0, 0.05) is 43.6 Å². The Balaban J connectivity index is 1.29. The highest BCUT2D eigenvalue weighted by Crippen LogP contribution is 2.21. The minimum atomic E-state index is -0.494. The third-order valence-corrected chi connectivity index (χ3v) is 5.71. The molecule has 4 rings (SSSR count). The van der Waals surface area contributed by atoms with Crippen LogP contribution in [-0.2, 0) is 4.79 Å². The minimum absolute atomic E-state index is 0.108. The number of nitrogens with one attached hydrogen (secondary N) is 1. The maximum atomic E-state index is 13.9. The summed E-state index contributed by atoms with van der Waals surface area (Å²) in [6.45, 7) is 2.33. The first-order valence-corrected chi connectivity index (χ1v) is 11.1. The standard InChI is InChI=1S/C27H26FN3O3/c1-34-23-13-6-20(7-14-23)8-15-26(32)29-21-9-11-22(12-10-21)30-16-18-31(19-17-30)27(33)24-4-2-3-5-25(24)28/h2-15H,16-19H2,1H3,(H,29,32)/b15-8+. The number of hydrogen-bond acceptors (Lipinski definition) is 4. The van der Waals surface area contributed by atoms with Crippen molar-refractivity contribution in [2.75, 3.05) is 43.5 Å². The number of benzene rings is 3. The average molecular weight is 460 g/mol. The Morgan fingerprint density at radius 1 is 0.912 bits per heavy atom. The molecule has 1 aliphatic heterocycles. The molecule has 0 spiro atoms. The van der Waals surface area contributed by atoms with Crippen molar-refractivity contribution in [1.29, 1.82) is 0 Å². The summed E-state index contributed by atoms with van der Waals surface area (Å²) in [5.41, 5.74) is 2.71. The molecule has 0 atom stereocenters. The molecule has 2 amide bonds. The van der Waals surface area contributed by atoms with E-state index in [2.05, 4.69) is 10.2 Å². The Morgan fingerprint density at radius 3 is 2.24 bits per heavy atom. The molecule has 0 radical (unpaired) electrons. The molecule has 0 aromatic heterocycles. The van der Waals surface area contributed by atoms with Gasteiger partial charge in [0.15, 0.2) is 0 Å². The van der Waals surface area contributed by atoms with E-state index in [-0.39, 0.29) is 17.4 Å². The fourth-order valence-electron chi connectivity index (χ4n) is 3.80. The molecule has 0 unspecified atom stereocenters. The van der Waals surface area contributed by atoms with Crippen LogP contribution in [0.1, 0.15) is 15.9 Å². The van der Waals surface area contributed by atoms with Gasteiger partial charge in [-0.25, -0.2) is 4.39 Å². The van der Waals surface area contributed by atoms with Gasteiger partial charge in [0.1, 0.15) is 11.6 Å². The van der Waals surface area contributed by atoms with Crippen LogP contribution in [-0.4, -0.2) is 50.0 Å². The van der Waals surface area contributed by atoms with E-state index in [0.29, 0.717) is 31.9 Å². The van der Waals surface area contributed by atoms with Gasteiger partial charge in [-0.1, -0.05) is 24.3 Å². The van der Waals surface area contributed by atoms with Crippen molar-refractivity contribution in [3.05, 3.63) is 95.8 Å². The molecule has 3 aromatic rings. The van der Waals surface area contributed by atoms with Gasteiger partial charge in [0.2, 0.25) is 5.91 Å². The van der Waals surface area contributed by atoms with Gasteiger partial charge in [-0.2, -0.15) is 0 Å². The van der Waals surface area contributed by atoms with Crippen molar-refractivity contribution in [2.45, 2.75) is 0 Å². The number of rotatable bonds is 6. The second-order valence-corrected chi connectivity index (χ2v) is 7.90. The maximum Gasteiger partial charge on any atom is 0.256 e. The minimum Gasteiger partial charge on any atom is -0.497 e. The number of piperazine rings is 1. The maximum absolute atomic E-state index is 13.9. The lowest BCUT2D eigenvalue weighted by Crippen LogP contribution is -2.49. The Hall–Kier alpha value is -4.13. The largest absolute Gasteiger partial charge is 0.497 e. The van der Waals surface area contributed by atoms with E-state index in [1.165, 1.54) is 18.2 Å². The zero-order valence-electron chi connectivity index (χ0n) is 18.9. The van der Waals surface area contributed by atoms with E-state index >= 15 is 0 Å². The predicted octanol–water partition coefficient (Wildman–Crippen LogP) is 4.45. The first-order valence-electron chi connectivity index (χ1n) is 11.1. The summed E-state index contributed by atoms with van der Waals surface area (Å²) < 4.78 is 19.1. The van der Waals surface area contributed by atoms with Crippen LogP contribution in [0.15, 0.2) is 78.9 Å². The van der Waals surface area contributed by atoms with E-state index in [9.17, 15) is 14.0 Å². The molecule has 1 saturated heterocycles. The second kappa shape index (κ2) is 10.7. The van der Waals surface area contributed by atoms with Gasteiger partial charge < -0.3 is 19.9 Å². The SMILES string of the molecule is COc1ccc(/C=C/C(=O)Nc2ccc(N3CCN(C(=O)c4ccccc4F)CC3)cc2)cc1. The average Bonchev–Trinajstić information content (AvgIpc) is 2.88. The number of hydrogen-bond donors (Lipinski definition) is 1. The van der Waals surface area contributed by atoms with E-state index in [1.807, 2.05) is 48.5 Å². The molecule has 1 N–H and O–H groups in total. The normalized spacial score (nSPS) is 13.7. The molecule has 1 aliphatic rings. The number of nitrogens with zero attached hydrogens (tertiary/aromatic N) is 2. The molecule has 0 aliphatic carbocycles. The fraction of sp³-hybridized carbons (Fsp3) is 0.185. The van der Waals surface area contributed by atoms with Crippen LogP contribution in [0, 0.1) is 5.82 Å². The van der Waals surface area contributed by atoms with Crippen molar-refractivity contribution in [3.8, 4) is 5.75 Å². The zero-order valence-corrected chi connectivity index (χ0v) is 18.9. The molecule has 0 saturated carbocycles. The number of anilines is 2. The van der Waals surface area contributed by atoms with E-state index in [4.69, 9.17) is 4.74 Å². The number of carbonyl (C=O) groups excluding carboxylic acids is 2. The lowest BCUT2D eigenvalue weighted by atomic mass is 10.1. The van der Waals surface area contributed by atoms with Crippen molar-refractivity contribution in [2.24, 2.45) is 0 Å². The third kappa shape index (κ3) is 5.61. The summed E-state index contributed by atoms with van der Waals surface area (Å²) in [6, 6.07) is 21.1. The molecule has 34 heavy (non-hydrogen) atoms. The van der Waals surface area contributed by atoms with E-state index in [0.717, 1.165) is 17.0 Å². The number of halogens is 1. The van der Waals surface area contributed by atoms with Crippen molar-refractivity contribution < 1.29 is 18.7 Å². The lowest BCUT2D eigenvalue weighted by molar-refractivity contribution is -0.111. The van der Waals surface area contributed by atoms with Gasteiger partial charge in [-0.3, -0.25) is 9.59 Å². The summed E-state index contributed by atoms with van der Waals surface area (Å²) >= 11 is 0. The number of carbonyl (C=O) groups is 2. The Kier molecular flexibility index (Phi) is 7.22. The topological polar surface area (TPSA) is 61.9 Å². The van der Waals surface area contributed by atoms with Crippen LogP contribution >= 0.6 is 0 Å². The van der Waals surface area contributed by atoms with Gasteiger partial charge in [0.25, 0.3) is 5.91 Å². The molecule has 1 fully saturated rings. The van der Waals surface area contributed by atoms with Gasteiger partial charge in [-0.15, -0.1) is 0 Å². The zero-order chi connectivity index (χ0) is 23.9. The summed E-state index contributed by atoms with van der Waals surface area (Å²) in [6.07, 6.45) is 3.23.